The second-order valence-electron chi connectivity index (χ2n) is 4.92. The van der Waals surface area contributed by atoms with E-state index in [-0.39, 0.29) is 11.8 Å². The molecule has 0 saturated carbocycles. The predicted molar refractivity (Wildman–Crippen MR) is 69.5 cm³/mol. The van der Waals surface area contributed by atoms with Crippen molar-refractivity contribution in [2.24, 2.45) is 0 Å². The fraction of sp³-hybridized carbons (Fsp3) is 0.769. The molecule has 2 atom stereocenters. The number of nitrogens with zero attached hydrogens (tertiary/aromatic N) is 1. The molecule has 1 fully saturated rings. The van der Waals surface area contributed by atoms with Crippen molar-refractivity contribution in [1.82, 2.24) is 10.2 Å². The quantitative estimate of drug-likeness (QED) is 0.772. The Morgan fingerprint density at radius 2 is 2.05 bits per heavy atom. The molecule has 0 aromatic heterocycles. The summed E-state index contributed by atoms with van der Waals surface area (Å²) in [5.74, 6) is -1.46. The molecule has 1 rings (SSSR count). The highest BCUT2D eigenvalue weighted by molar-refractivity contribution is 5.90. The summed E-state index contributed by atoms with van der Waals surface area (Å²) in [5.41, 5.74) is 0. The monoisotopic (exact) mass is 270 g/mol. The van der Waals surface area contributed by atoms with Gasteiger partial charge in [-0.05, 0) is 32.6 Å². The number of aliphatic carboxylic acids is 1. The lowest BCUT2D eigenvalue weighted by Crippen LogP contribution is -2.54. The highest BCUT2D eigenvalue weighted by Gasteiger charge is 2.32. The van der Waals surface area contributed by atoms with Gasteiger partial charge in [0.1, 0.15) is 12.1 Å². The first kappa shape index (κ1) is 15.5. The first-order chi connectivity index (χ1) is 8.97. The van der Waals surface area contributed by atoms with Gasteiger partial charge in [-0.1, -0.05) is 6.92 Å². The van der Waals surface area contributed by atoms with Crippen LogP contribution in [0.2, 0.25) is 0 Å². The minimum atomic E-state index is -1.07. The van der Waals surface area contributed by atoms with E-state index >= 15 is 0 Å². The molecule has 2 N–H and O–H groups in total. The molecule has 6 nitrogen and oxygen atoms in total. The zero-order valence-electron chi connectivity index (χ0n) is 11.5. The summed E-state index contributed by atoms with van der Waals surface area (Å²) in [6, 6.07) is -1.45. The van der Waals surface area contributed by atoms with Crippen molar-refractivity contribution in [3.63, 3.8) is 0 Å². The van der Waals surface area contributed by atoms with Gasteiger partial charge in [-0.15, -0.1) is 0 Å². The molecule has 1 aliphatic rings. The Kier molecular flexibility index (Phi) is 5.79. The maximum atomic E-state index is 12.1. The summed E-state index contributed by atoms with van der Waals surface area (Å²) in [6.07, 6.45) is 3.56. The van der Waals surface area contributed by atoms with E-state index in [9.17, 15) is 14.4 Å². The number of carbonyl (C=O) groups excluding carboxylic acids is 2. The van der Waals surface area contributed by atoms with E-state index in [1.165, 1.54) is 6.92 Å². The van der Waals surface area contributed by atoms with E-state index < -0.39 is 18.1 Å². The van der Waals surface area contributed by atoms with Gasteiger partial charge in [0.2, 0.25) is 11.8 Å². The number of amides is 2. The molecule has 0 bridgehead atoms. The van der Waals surface area contributed by atoms with E-state index in [4.69, 9.17) is 5.11 Å². The maximum Gasteiger partial charge on any atom is 0.325 e. The van der Waals surface area contributed by atoms with Crippen LogP contribution in [0.25, 0.3) is 0 Å². The largest absolute Gasteiger partial charge is 0.480 e. The van der Waals surface area contributed by atoms with Gasteiger partial charge in [-0.25, -0.2) is 0 Å². The molecule has 108 valence electrons. The molecule has 0 radical (unpaired) electrons. The van der Waals surface area contributed by atoms with Crippen molar-refractivity contribution in [2.45, 2.75) is 58.0 Å². The molecular weight excluding hydrogens is 248 g/mol. The van der Waals surface area contributed by atoms with Crippen LogP contribution in [0, 0.1) is 0 Å². The number of hydrogen-bond donors (Lipinski definition) is 2. The Labute approximate surface area is 113 Å². The van der Waals surface area contributed by atoms with Crippen LogP contribution in [0.5, 0.6) is 0 Å². The van der Waals surface area contributed by atoms with E-state index in [1.54, 1.807) is 4.90 Å². The standard InChI is InChI=1S/C13H22N2O4/c1-3-6-11(16)15-8-5-4-7-10(15)12(17)14-9(2)13(18)19/h9-10H,3-8H2,1-2H3,(H,14,17)(H,18,19)/t9-,10?/m1/s1. The summed E-state index contributed by atoms with van der Waals surface area (Å²) >= 11 is 0. The summed E-state index contributed by atoms with van der Waals surface area (Å²) in [5, 5.41) is 11.2. The van der Waals surface area contributed by atoms with Crippen LogP contribution in [0.15, 0.2) is 0 Å². The van der Waals surface area contributed by atoms with Gasteiger partial charge in [-0.3, -0.25) is 14.4 Å². The molecule has 2 amide bonds. The Balaban J connectivity index is 2.68. The Bertz CT molecular complexity index is 357. The van der Waals surface area contributed by atoms with Crippen LogP contribution in [-0.4, -0.2) is 46.4 Å². The Morgan fingerprint density at radius 3 is 2.63 bits per heavy atom. The molecule has 1 aliphatic heterocycles. The van der Waals surface area contributed by atoms with E-state index in [2.05, 4.69) is 5.32 Å². The number of carboxylic acids is 1. The lowest BCUT2D eigenvalue weighted by molar-refractivity contribution is -0.145. The van der Waals surface area contributed by atoms with E-state index in [0.717, 1.165) is 19.3 Å². The normalized spacial score (nSPS) is 20.7. The molecule has 0 aromatic carbocycles. The van der Waals surface area contributed by atoms with Crippen molar-refractivity contribution < 1.29 is 19.5 Å². The van der Waals surface area contributed by atoms with Crippen molar-refractivity contribution in [1.29, 1.82) is 0 Å². The topological polar surface area (TPSA) is 86.7 Å². The number of piperidine rings is 1. The van der Waals surface area contributed by atoms with Gasteiger partial charge in [0, 0.05) is 13.0 Å². The molecule has 0 spiro atoms. The van der Waals surface area contributed by atoms with Gasteiger partial charge in [0.05, 0.1) is 0 Å². The van der Waals surface area contributed by atoms with Crippen molar-refractivity contribution in [3.05, 3.63) is 0 Å². The average molecular weight is 270 g/mol. The maximum absolute atomic E-state index is 12.1. The molecular formula is C13H22N2O4. The van der Waals surface area contributed by atoms with Gasteiger partial charge in [0.15, 0.2) is 0 Å². The second-order valence-corrected chi connectivity index (χ2v) is 4.92. The summed E-state index contributed by atoms with van der Waals surface area (Å²) in [6.45, 7) is 3.92. The van der Waals surface area contributed by atoms with Crippen LogP contribution < -0.4 is 5.32 Å². The fourth-order valence-electron chi connectivity index (χ4n) is 2.23. The number of carbonyl (C=O) groups is 3. The molecule has 0 aromatic rings. The van der Waals surface area contributed by atoms with E-state index in [1.807, 2.05) is 6.92 Å². The summed E-state index contributed by atoms with van der Waals surface area (Å²) < 4.78 is 0. The minimum absolute atomic E-state index is 0.0228. The molecule has 1 unspecified atom stereocenters. The number of hydrogen-bond acceptors (Lipinski definition) is 3. The van der Waals surface area contributed by atoms with Crippen LogP contribution in [-0.2, 0) is 14.4 Å². The van der Waals surface area contributed by atoms with Gasteiger partial charge >= 0.3 is 5.97 Å². The predicted octanol–water partition coefficient (Wildman–Crippen LogP) is 0.757. The third kappa shape index (κ3) is 4.22. The Morgan fingerprint density at radius 1 is 1.37 bits per heavy atom. The lowest BCUT2D eigenvalue weighted by atomic mass is 10.0. The summed E-state index contributed by atoms with van der Waals surface area (Å²) in [7, 11) is 0. The molecule has 0 aliphatic carbocycles. The summed E-state index contributed by atoms with van der Waals surface area (Å²) in [4.78, 5) is 36.4. The number of nitrogens with one attached hydrogen (secondary N) is 1. The number of rotatable bonds is 5. The highest BCUT2D eigenvalue weighted by Crippen LogP contribution is 2.18. The zero-order chi connectivity index (χ0) is 14.4. The van der Waals surface area contributed by atoms with Crippen molar-refractivity contribution in [2.75, 3.05) is 6.54 Å². The van der Waals surface area contributed by atoms with Crippen molar-refractivity contribution in [3.8, 4) is 0 Å². The minimum Gasteiger partial charge on any atom is -0.480 e. The third-order valence-corrected chi connectivity index (χ3v) is 3.32. The van der Waals surface area contributed by atoms with Crippen LogP contribution in [0.3, 0.4) is 0 Å². The first-order valence-corrected chi connectivity index (χ1v) is 6.80. The molecule has 1 heterocycles. The third-order valence-electron chi connectivity index (χ3n) is 3.32. The van der Waals surface area contributed by atoms with Crippen LogP contribution >= 0.6 is 0 Å². The fourth-order valence-corrected chi connectivity index (χ4v) is 2.23. The Hall–Kier alpha value is -1.59. The second kappa shape index (κ2) is 7.11. The van der Waals surface area contributed by atoms with Crippen LogP contribution in [0.1, 0.15) is 46.0 Å². The molecule has 6 heteroatoms. The van der Waals surface area contributed by atoms with Crippen LogP contribution in [0.4, 0.5) is 0 Å². The van der Waals surface area contributed by atoms with Gasteiger partial charge in [-0.2, -0.15) is 0 Å². The molecule has 1 saturated heterocycles. The van der Waals surface area contributed by atoms with E-state index in [0.29, 0.717) is 19.4 Å². The van der Waals surface area contributed by atoms with Gasteiger partial charge < -0.3 is 15.3 Å². The SMILES string of the molecule is CCCC(=O)N1CCCCC1C(=O)N[C@H](C)C(=O)O. The number of carboxylic acid groups (broad SMARTS) is 1. The average Bonchev–Trinajstić information content (AvgIpc) is 2.38. The first-order valence-electron chi connectivity index (χ1n) is 6.80. The van der Waals surface area contributed by atoms with Gasteiger partial charge in [0.25, 0.3) is 0 Å². The molecule has 19 heavy (non-hydrogen) atoms. The smallest absolute Gasteiger partial charge is 0.325 e. The van der Waals surface area contributed by atoms with Crippen molar-refractivity contribution >= 4 is 17.8 Å². The highest BCUT2D eigenvalue weighted by atomic mass is 16.4. The lowest BCUT2D eigenvalue weighted by Gasteiger charge is -2.35. The zero-order valence-corrected chi connectivity index (χ0v) is 11.5. The number of likely N-dealkylation sites (tertiary alicyclic amines) is 1.